The molecule has 2 aliphatic rings. The third-order valence-corrected chi connectivity index (χ3v) is 3.80. The second-order valence-corrected chi connectivity index (χ2v) is 4.96. The van der Waals surface area contributed by atoms with Crippen molar-refractivity contribution >= 4 is 0 Å². The van der Waals surface area contributed by atoms with Crippen LogP contribution in [0.15, 0.2) is 0 Å². The minimum Gasteiger partial charge on any atom is -0.381 e. The molecule has 0 atom stereocenters. The Kier molecular flexibility index (Phi) is 4.94. The highest BCUT2D eigenvalue weighted by Gasteiger charge is 2.16. The van der Waals surface area contributed by atoms with Gasteiger partial charge in [-0.2, -0.15) is 0 Å². The standard InChI is InChI=1S/C13H24NO/c1(2-12-4-8-14-9-5-12)3-13-6-10-15-11-7-13/h2,12-14H,1,3-11H2. The van der Waals surface area contributed by atoms with E-state index in [2.05, 4.69) is 11.7 Å². The first-order chi connectivity index (χ1) is 7.45. The minimum atomic E-state index is 0.895. The zero-order chi connectivity index (χ0) is 10.3. The van der Waals surface area contributed by atoms with E-state index in [0.29, 0.717) is 0 Å². The predicted molar refractivity (Wildman–Crippen MR) is 62.7 cm³/mol. The summed E-state index contributed by atoms with van der Waals surface area (Å²) in [5.41, 5.74) is 0. The van der Waals surface area contributed by atoms with Gasteiger partial charge in [-0.05, 0) is 69.9 Å². The van der Waals surface area contributed by atoms with Crippen molar-refractivity contribution in [3.05, 3.63) is 6.42 Å². The lowest BCUT2D eigenvalue weighted by molar-refractivity contribution is 0.0637. The molecule has 0 unspecified atom stereocenters. The van der Waals surface area contributed by atoms with Crippen LogP contribution >= 0.6 is 0 Å². The van der Waals surface area contributed by atoms with Gasteiger partial charge in [0.05, 0.1) is 0 Å². The van der Waals surface area contributed by atoms with Gasteiger partial charge in [-0.15, -0.1) is 0 Å². The molecule has 0 aromatic carbocycles. The second-order valence-electron chi connectivity index (χ2n) is 4.96. The van der Waals surface area contributed by atoms with Crippen molar-refractivity contribution in [2.24, 2.45) is 11.8 Å². The van der Waals surface area contributed by atoms with Crippen molar-refractivity contribution in [3.8, 4) is 0 Å². The third kappa shape index (κ3) is 4.12. The fraction of sp³-hybridized carbons (Fsp3) is 0.923. The summed E-state index contributed by atoms with van der Waals surface area (Å²) in [5.74, 6) is 1.84. The molecular weight excluding hydrogens is 186 g/mol. The zero-order valence-electron chi connectivity index (χ0n) is 9.71. The summed E-state index contributed by atoms with van der Waals surface area (Å²) >= 11 is 0. The molecule has 0 spiro atoms. The smallest absolute Gasteiger partial charge is 0.0468 e. The molecule has 2 heterocycles. The molecule has 0 aliphatic carbocycles. The normalized spacial score (nSPS) is 25.6. The zero-order valence-corrected chi connectivity index (χ0v) is 9.71. The van der Waals surface area contributed by atoms with Crippen LogP contribution in [0, 0.1) is 18.3 Å². The van der Waals surface area contributed by atoms with E-state index in [1.54, 1.807) is 0 Å². The lowest BCUT2D eigenvalue weighted by atomic mass is 9.88. The molecule has 0 aromatic rings. The number of ether oxygens (including phenoxy) is 1. The highest BCUT2D eigenvalue weighted by molar-refractivity contribution is 4.81. The van der Waals surface area contributed by atoms with Crippen molar-refractivity contribution < 1.29 is 4.74 Å². The van der Waals surface area contributed by atoms with E-state index < -0.39 is 0 Å². The topological polar surface area (TPSA) is 21.3 Å². The fourth-order valence-electron chi connectivity index (χ4n) is 2.68. The number of piperidine rings is 1. The van der Waals surface area contributed by atoms with Gasteiger partial charge in [-0.3, -0.25) is 0 Å². The first-order valence-corrected chi connectivity index (χ1v) is 6.57. The van der Waals surface area contributed by atoms with Crippen LogP contribution in [0.4, 0.5) is 0 Å². The molecule has 87 valence electrons. The van der Waals surface area contributed by atoms with Gasteiger partial charge in [0, 0.05) is 13.2 Å². The number of rotatable bonds is 4. The monoisotopic (exact) mass is 210 g/mol. The van der Waals surface area contributed by atoms with E-state index in [0.717, 1.165) is 25.0 Å². The third-order valence-electron chi connectivity index (χ3n) is 3.80. The SMILES string of the molecule is [CH](CCC1CCOCC1)C1CCNCC1. The quantitative estimate of drug-likeness (QED) is 0.769. The Bertz CT molecular complexity index is 142. The van der Waals surface area contributed by atoms with Crippen molar-refractivity contribution in [3.63, 3.8) is 0 Å². The van der Waals surface area contributed by atoms with E-state index in [1.807, 2.05) is 0 Å². The van der Waals surface area contributed by atoms with E-state index in [9.17, 15) is 0 Å². The van der Waals surface area contributed by atoms with Gasteiger partial charge in [-0.25, -0.2) is 0 Å². The Morgan fingerprint density at radius 3 is 2.53 bits per heavy atom. The maximum Gasteiger partial charge on any atom is 0.0468 e. The Hall–Kier alpha value is -0.0800. The summed E-state index contributed by atoms with van der Waals surface area (Å²) < 4.78 is 5.38. The maximum atomic E-state index is 5.38. The van der Waals surface area contributed by atoms with Crippen LogP contribution in [-0.4, -0.2) is 26.3 Å². The van der Waals surface area contributed by atoms with Crippen molar-refractivity contribution in [1.29, 1.82) is 0 Å². The Morgan fingerprint density at radius 1 is 1.07 bits per heavy atom. The summed E-state index contributed by atoms with van der Waals surface area (Å²) in [6.45, 7) is 4.44. The van der Waals surface area contributed by atoms with Gasteiger partial charge in [0.15, 0.2) is 0 Å². The molecule has 2 heteroatoms. The van der Waals surface area contributed by atoms with E-state index >= 15 is 0 Å². The molecule has 0 aromatic heterocycles. The Labute approximate surface area is 93.8 Å². The summed E-state index contributed by atoms with van der Waals surface area (Å²) in [7, 11) is 0. The first-order valence-electron chi connectivity index (χ1n) is 6.57. The molecule has 2 fully saturated rings. The lowest BCUT2D eigenvalue weighted by Gasteiger charge is -2.25. The first kappa shape index (κ1) is 11.4. The highest BCUT2D eigenvalue weighted by Crippen LogP contribution is 2.24. The van der Waals surface area contributed by atoms with Crippen LogP contribution in [0.2, 0.25) is 0 Å². The summed E-state index contributed by atoms with van der Waals surface area (Å²) in [6, 6.07) is 0. The predicted octanol–water partition coefficient (Wildman–Crippen LogP) is 2.40. The van der Waals surface area contributed by atoms with E-state index in [4.69, 9.17) is 4.74 Å². The van der Waals surface area contributed by atoms with Gasteiger partial charge in [0.1, 0.15) is 0 Å². The van der Waals surface area contributed by atoms with Gasteiger partial charge in [0.2, 0.25) is 0 Å². The number of nitrogens with one attached hydrogen (secondary N) is 1. The molecule has 0 saturated carbocycles. The molecule has 1 N–H and O–H groups in total. The highest BCUT2D eigenvalue weighted by atomic mass is 16.5. The number of hydrogen-bond acceptors (Lipinski definition) is 2. The summed E-state index contributed by atoms with van der Waals surface area (Å²) in [5, 5.41) is 3.42. The molecular formula is C13H24NO. The second kappa shape index (κ2) is 6.49. The van der Waals surface area contributed by atoms with Crippen LogP contribution in [0.25, 0.3) is 0 Å². The molecule has 2 nitrogen and oxygen atoms in total. The lowest BCUT2D eigenvalue weighted by Crippen LogP contribution is -2.28. The van der Waals surface area contributed by atoms with Crippen LogP contribution in [0.1, 0.15) is 38.5 Å². The van der Waals surface area contributed by atoms with Crippen LogP contribution < -0.4 is 5.32 Å². The number of hydrogen-bond donors (Lipinski definition) is 1. The molecule has 2 rings (SSSR count). The van der Waals surface area contributed by atoms with Crippen molar-refractivity contribution in [2.75, 3.05) is 26.3 Å². The van der Waals surface area contributed by atoms with Crippen molar-refractivity contribution in [1.82, 2.24) is 5.32 Å². The molecule has 2 aliphatic heterocycles. The van der Waals surface area contributed by atoms with Gasteiger partial charge in [-0.1, -0.05) is 0 Å². The van der Waals surface area contributed by atoms with Gasteiger partial charge in [0.25, 0.3) is 0 Å². The van der Waals surface area contributed by atoms with Crippen LogP contribution in [0.3, 0.4) is 0 Å². The summed E-state index contributed by atoms with van der Waals surface area (Å²) in [4.78, 5) is 0. The Morgan fingerprint density at radius 2 is 1.80 bits per heavy atom. The fourth-order valence-corrected chi connectivity index (χ4v) is 2.68. The summed E-state index contributed by atoms with van der Waals surface area (Å²) in [6.07, 6.45) is 10.6. The van der Waals surface area contributed by atoms with Crippen LogP contribution in [0.5, 0.6) is 0 Å². The maximum absolute atomic E-state index is 5.38. The van der Waals surface area contributed by atoms with Gasteiger partial charge >= 0.3 is 0 Å². The molecule has 1 radical (unpaired) electrons. The molecule has 2 saturated heterocycles. The molecule has 15 heavy (non-hydrogen) atoms. The minimum absolute atomic E-state index is 0.895. The molecule has 0 amide bonds. The van der Waals surface area contributed by atoms with E-state index in [-0.39, 0.29) is 0 Å². The van der Waals surface area contributed by atoms with Gasteiger partial charge < -0.3 is 10.1 Å². The van der Waals surface area contributed by atoms with E-state index in [1.165, 1.54) is 51.6 Å². The average Bonchev–Trinajstić information content (AvgIpc) is 2.32. The van der Waals surface area contributed by atoms with Crippen molar-refractivity contribution in [2.45, 2.75) is 38.5 Å². The largest absolute Gasteiger partial charge is 0.381 e. The average molecular weight is 210 g/mol. The molecule has 0 bridgehead atoms. The van der Waals surface area contributed by atoms with Crippen LogP contribution in [-0.2, 0) is 4.74 Å². The Balaban J connectivity index is 1.53.